The molecule has 0 aliphatic carbocycles. The maximum absolute atomic E-state index is 11.4. The van der Waals surface area contributed by atoms with Crippen molar-refractivity contribution in [3.8, 4) is 0 Å². The SMILES string of the molecule is C=CCOCC(O)COC(C)COC1C(O)C(OC2OCC(C)C(O)C2OCC(C)OCC(O)COCCCC)COC1[O+](C)C.CC.CC. The number of aliphatic hydroxyl groups is 4. The van der Waals surface area contributed by atoms with Crippen LogP contribution in [0.25, 0.3) is 0 Å². The number of ether oxygens (including phenoxy) is 9. The second kappa shape index (κ2) is 29.6. The molecule has 2 aliphatic rings. The first-order valence-electron chi connectivity index (χ1n) is 18.4. The van der Waals surface area contributed by atoms with Crippen molar-refractivity contribution in [2.24, 2.45) is 5.92 Å². The average Bonchev–Trinajstić information content (AvgIpc) is 3.11. The summed E-state index contributed by atoms with van der Waals surface area (Å²) in [6, 6.07) is 0. The summed E-state index contributed by atoms with van der Waals surface area (Å²) >= 11 is 0. The smallest absolute Gasteiger partial charge is 0.295 e. The Labute approximate surface area is 301 Å². The molecule has 12 unspecified atom stereocenters. The summed E-state index contributed by atoms with van der Waals surface area (Å²) in [5, 5.41) is 42.5. The van der Waals surface area contributed by atoms with Gasteiger partial charge in [-0.2, -0.15) is 0 Å². The highest BCUT2D eigenvalue weighted by molar-refractivity contribution is 4.89. The molecule has 2 fully saturated rings. The fraction of sp³-hybridized carbons (Fsp3) is 0.944. The van der Waals surface area contributed by atoms with Gasteiger partial charge in [-0.15, -0.1) is 6.58 Å². The van der Waals surface area contributed by atoms with Gasteiger partial charge in [-0.1, -0.05) is 54.0 Å². The molecule has 0 aromatic heterocycles. The van der Waals surface area contributed by atoms with Gasteiger partial charge in [0.25, 0.3) is 6.29 Å². The van der Waals surface area contributed by atoms with Gasteiger partial charge < -0.3 is 67.4 Å². The molecule has 14 heteroatoms. The van der Waals surface area contributed by atoms with E-state index in [0.717, 1.165) is 12.8 Å². The van der Waals surface area contributed by atoms with Gasteiger partial charge in [0.15, 0.2) is 12.4 Å². The number of hydrogen-bond donors (Lipinski definition) is 4. The van der Waals surface area contributed by atoms with E-state index in [9.17, 15) is 20.4 Å². The summed E-state index contributed by atoms with van der Waals surface area (Å²) in [4.78, 5) is 0. The van der Waals surface area contributed by atoms with E-state index in [-0.39, 0.29) is 64.9 Å². The zero-order chi connectivity index (χ0) is 38.1. The predicted octanol–water partition coefficient (Wildman–Crippen LogP) is 2.63. The number of aliphatic hydroxyl groups excluding tert-OH is 4. The van der Waals surface area contributed by atoms with Gasteiger partial charge in [-0.25, -0.2) is 0 Å². The molecule has 0 saturated carbocycles. The van der Waals surface area contributed by atoms with Crippen LogP contribution in [0.4, 0.5) is 0 Å². The first-order chi connectivity index (χ1) is 24.0. The van der Waals surface area contributed by atoms with E-state index in [4.69, 9.17) is 42.6 Å². The van der Waals surface area contributed by atoms with Crippen molar-refractivity contribution in [1.82, 2.24) is 0 Å². The van der Waals surface area contributed by atoms with Crippen molar-refractivity contribution in [2.75, 3.05) is 80.3 Å². The normalized spacial score (nSPS) is 29.2. The van der Waals surface area contributed by atoms with Crippen molar-refractivity contribution < 1.29 is 67.4 Å². The van der Waals surface area contributed by atoms with Crippen LogP contribution in [0.2, 0.25) is 0 Å². The van der Waals surface area contributed by atoms with Crippen molar-refractivity contribution in [1.29, 1.82) is 0 Å². The topological polar surface area (TPSA) is 167 Å². The van der Waals surface area contributed by atoms with Crippen LogP contribution in [0.3, 0.4) is 0 Å². The summed E-state index contributed by atoms with van der Waals surface area (Å²) in [6.45, 7) is 21.0. The summed E-state index contributed by atoms with van der Waals surface area (Å²) in [6.07, 6.45) is -4.97. The Bertz CT molecular complexity index is 792. The van der Waals surface area contributed by atoms with Crippen molar-refractivity contribution in [2.45, 2.75) is 136 Å². The maximum atomic E-state index is 11.4. The minimum absolute atomic E-state index is 0.0375. The lowest BCUT2D eigenvalue weighted by Crippen LogP contribution is -2.60. The van der Waals surface area contributed by atoms with E-state index < -0.39 is 61.4 Å². The van der Waals surface area contributed by atoms with Gasteiger partial charge in [-0.05, 0) is 20.3 Å². The average molecular weight is 730 g/mol. The first kappa shape index (κ1) is 49.2. The molecule has 300 valence electrons. The zero-order valence-electron chi connectivity index (χ0n) is 32.6. The molecular formula is C36H73O14+. The van der Waals surface area contributed by atoms with Crippen LogP contribution >= 0.6 is 0 Å². The molecule has 12 atom stereocenters. The molecule has 0 radical (unpaired) electrons. The number of unbranched alkanes of at least 4 members (excludes halogenated alkanes) is 1. The Morgan fingerprint density at radius 2 is 1.36 bits per heavy atom. The van der Waals surface area contributed by atoms with Gasteiger partial charge in [0.2, 0.25) is 0 Å². The summed E-state index contributed by atoms with van der Waals surface area (Å²) in [5.41, 5.74) is 0. The van der Waals surface area contributed by atoms with Crippen LogP contribution in [0, 0.1) is 5.92 Å². The molecule has 2 aliphatic heterocycles. The molecular weight excluding hydrogens is 656 g/mol. The van der Waals surface area contributed by atoms with Crippen LogP contribution < -0.4 is 0 Å². The Morgan fingerprint density at radius 1 is 0.800 bits per heavy atom. The fourth-order valence-corrected chi connectivity index (χ4v) is 4.84. The Hall–Kier alpha value is -0.820. The highest BCUT2D eigenvalue weighted by atomic mass is 16.8. The lowest BCUT2D eigenvalue weighted by atomic mass is 9.97. The van der Waals surface area contributed by atoms with E-state index in [0.29, 0.717) is 13.2 Å². The summed E-state index contributed by atoms with van der Waals surface area (Å²) in [7, 11) is 3.48. The highest BCUT2D eigenvalue weighted by Crippen LogP contribution is 2.29. The molecule has 0 bridgehead atoms. The third-order valence-corrected chi connectivity index (χ3v) is 7.59. The minimum Gasteiger partial charge on any atom is -0.400 e. The Kier molecular flexibility index (Phi) is 29.1. The Morgan fingerprint density at radius 3 is 1.90 bits per heavy atom. The third-order valence-electron chi connectivity index (χ3n) is 7.59. The summed E-state index contributed by atoms with van der Waals surface area (Å²) < 4.78 is 55.0. The lowest BCUT2D eigenvalue weighted by molar-refractivity contribution is -0.362. The van der Waals surface area contributed by atoms with E-state index in [1.807, 2.05) is 41.5 Å². The van der Waals surface area contributed by atoms with Crippen molar-refractivity contribution >= 4 is 0 Å². The number of rotatable bonds is 24. The van der Waals surface area contributed by atoms with Crippen molar-refractivity contribution in [3.63, 3.8) is 0 Å². The zero-order valence-corrected chi connectivity index (χ0v) is 32.6. The molecule has 0 aromatic rings. The van der Waals surface area contributed by atoms with Gasteiger partial charge in [0.1, 0.15) is 44.7 Å². The quantitative estimate of drug-likeness (QED) is 0.0652. The van der Waals surface area contributed by atoms with E-state index in [1.54, 1.807) is 27.2 Å². The van der Waals surface area contributed by atoms with Crippen LogP contribution in [0.1, 0.15) is 68.2 Å². The first-order valence-corrected chi connectivity index (χ1v) is 18.4. The molecule has 50 heavy (non-hydrogen) atoms. The monoisotopic (exact) mass is 729 g/mol. The second-order valence-corrected chi connectivity index (χ2v) is 12.4. The molecule has 2 saturated heterocycles. The minimum atomic E-state index is -1.12. The lowest BCUT2D eigenvalue weighted by Gasteiger charge is -2.44. The fourth-order valence-electron chi connectivity index (χ4n) is 4.84. The van der Waals surface area contributed by atoms with Gasteiger partial charge in [0.05, 0.1) is 77.8 Å². The molecule has 0 spiro atoms. The molecule has 2 rings (SSSR count). The third kappa shape index (κ3) is 19.3. The predicted molar refractivity (Wildman–Crippen MR) is 190 cm³/mol. The van der Waals surface area contributed by atoms with E-state index in [2.05, 4.69) is 17.9 Å². The van der Waals surface area contributed by atoms with Crippen LogP contribution in [-0.2, 0) is 47.0 Å². The van der Waals surface area contributed by atoms with Crippen molar-refractivity contribution in [3.05, 3.63) is 12.7 Å². The van der Waals surface area contributed by atoms with Gasteiger partial charge in [-0.3, -0.25) is 0 Å². The maximum Gasteiger partial charge on any atom is 0.295 e. The molecule has 0 amide bonds. The van der Waals surface area contributed by atoms with E-state index in [1.165, 1.54) is 0 Å². The number of hydrogen-bond acceptors (Lipinski definition) is 13. The molecule has 0 aromatic carbocycles. The summed E-state index contributed by atoms with van der Waals surface area (Å²) in [5.74, 6) is -0.213. The van der Waals surface area contributed by atoms with Gasteiger partial charge in [0, 0.05) is 12.5 Å². The molecule has 4 N–H and O–H groups in total. The standard InChI is InChI=1S/C32H61O14.2C2H6/c1-8-10-12-38-17-25(34)19-39-22(4)14-41-29-27(35)21(3)13-43-31(29)45-26-20-44-32(46(6)7)30(28(26)36)42-15-23(5)40-18-24(33)16-37-11-9-2;2*1-2/h9,21-36H,2,8,10-20H2,1,3-7H3;2*1-2H3/q+1;;. The largest absolute Gasteiger partial charge is 0.400 e. The molecule has 14 nitrogen and oxygen atoms in total. The highest BCUT2D eigenvalue weighted by Gasteiger charge is 2.49. The Balaban J connectivity index is 0.00000578. The van der Waals surface area contributed by atoms with E-state index >= 15 is 0 Å². The van der Waals surface area contributed by atoms with Crippen LogP contribution in [-0.4, -0.2) is 168 Å². The van der Waals surface area contributed by atoms with Crippen LogP contribution in [0.5, 0.6) is 0 Å². The molecule has 2 heterocycles. The van der Waals surface area contributed by atoms with Crippen LogP contribution in [0.15, 0.2) is 12.7 Å². The van der Waals surface area contributed by atoms with Gasteiger partial charge >= 0.3 is 0 Å². The second-order valence-electron chi connectivity index (χ2n) is 12.4.